The zero-order valence-electron chi connectivity index (χ0n) is 11.1. The summed E-state index contributed by atoms with van der Waals surface area (Å²) in [7, 11) is 1.52. The first kappa shape index (κ1) is 14.8. The van der Waals surface area contributed by atoms with Gasteiger partial charge in [0.15, 0.2) is 0 Å². The lowest BCUT2D eigenvalue weighted by Crippen LogP contribution is -2.30. The Labute approximate surface area is 125 Å². The van der Waals surface area contributed by atoms with Crippen molar-refractivity contribution in [3.05, 3.63) is 57.6 Å². The van der Waals surface area contributed by atoms with Crippen LogP contribution in [0.5, 0.6) is 5.75 Å². The Morgan fingerprint density at radius 1 is 1.38 bits per heavy atom. The van der Waals surface area contributed by atoms with Crippen molar-refractivity contribution in [3.63, 3.8) is 0 Å². The van der Waals surface area contributed by atoms with Crippen LogP contribution in [0.4, 0.5) is 5.82 Å². The van der Waals surface area contributed by atoms with Crippen molar-refractivity contribution in [1.29, 1.82) is 0 Å². The minimum absolute atomic E-state index is 0.00989. The van der Waals surface area contributed by atoms with Gasteiger partial charge in [-0.1, -0.05) is 11.6 Å². The summed E-state index contributed by atoms with van der Waals surface area (Å²) in [4.78, 5) is 27.7. The van der Waals surface area contributed by atoms with Gasteiger partial charge in [0.1, 0.15) is 11.6 Å². The van der Waals surface area contributed by atoms with Crippen LogP contribution < -0.4 is 16.2 Å². The zero-order valence-corrected chi connectivity index (χ0v) is 11.9. The van der Waals surface area contributed by atoms with Crippen LogP contribution in [0.15, 0.2) is 40.8 Å². The van der Waals surface area contributed by atoms with E-state index in [0.29, 0.717) is 16.9 Å². The molecular formula is C14H12ClN3O3. The molecule has 0 aliphatic heterocycles. The van der Waals surface area contributed by atoms with Crippen molar-refractivity contribution >= 4 is 29.4 Å². The number of nitrogens with zero attached hydrogens (tertiary/aromatic N) is 2. The molecule has 0 unspecified atom stereocenters. The van der Waals surface area contributed by atoms with Gasteiger partial charge in [-0.3, -0.25) is 4.79 Å². The molecule has 0 aliphatic carbocycles. The average Bonchev–Trinajstić information content (AvgIpc) is 2.49. The Morgan fingerprint density at radius 3 is 2.62 bits per heavy atom. The van der Waals surface area contributed by atoms with Gasteiger partial charge in [-0.15, -0.1) is 0 Å². The number of nitrogen functional groups attached to an aromatic ring is 1. The largest absolute Gasteiger partial charge is 0.497 e. The summed E-state index contributed by atoms with van der Waals surface area (Å²) in [6, 6.07) is 6.37. The van der Waals surface area contributed by atoms with Gasteiger partial charge in [0.05, 0.1) is 7.11 Å². The summed E-state index contributed by atoms with van der Waals surface area (Å²) in [5.41, 5.74) is 6.77. The van der Waals surface area contributed by atoms with E-state index in [1.54, 1.807) is 24.3 Å². The molecule has 7 heteroatoms. The molecular weight excluding hydrogens is 294 g/mol. The second-order valence-electron chi connectivity index (χ2n) is 4.06. The highest BCUT2D eigenvalue weighted by molar-refractivity contribution is 6.27. The number of aromatic nitrogens is 2. The molecule has 21 heavy (non-hydrogen) atoms. The highest BCUT2D eigenvalue weighted by Crippen LogP contribution is 2.13. The lowest BCUT2D eigenvalue weighted by molar-refractivity contribution is 0.0954. The van der Waals surface area contributed by atoms with Gasteiger partial charge in [0.2, 0.25) is 0 Å². The molecule has 0 amide bonds. The Balaban J connectivity index is 2.47. The van der Waals surface area contributed by atoms with Gasteiger partial charge < -0.3 is 10.5 Å². The van der Waals surface area contributed by atoms with Crippen molar-refractivity contribution in [1.82, 2.24) is 9.55 Å². The number of hydrogen-bond acceptors (Lipinski definition) is 5. The van der Waals surface area contributed by atoms with Crippen LogP contribution in [0.1, 0.15) is 15.9 Å². The molecule has 2 N–H and O–H groups in total. The van der Waals surface area contributed by atoms with E-state index in [1.807, 2.05) is 0 Å². The topological polar surface area (TPSA) is 87.2 Å². The quantitative estimate of drug-likeness (QED) is 0.933. The number of benzene rings is 1. The molecule has 0 saturated heterocycles. The molecule has 6 nitrogen and oxygen atoms in total. The van der Waals surface area contributed by atoms with Gasteiger partial charge in [0, 0.05) is 22.9 Å². The average molecular weight is 306 g/mol. The van der Waals surface area contributed by atoms with Crippen LogP contribution in [0, 0.1) is 0 Å². The molecule has 2 rings (SSSR count). The van der Waals surface area contributed by atoms with Crippen molar-refractivity contribution in [2.45, 2.75) is 0 Å². The maximum Gasteiger partial charge on any atom is 0.356 e. The lowest BCUT2D eigenvalue weighted by atomic mass is 10.2. The van der Waals surface area contributed by atoms with Gasteiger partial charge in [-0.2, -0.15) is 4.98 Å². The first-order valence-electron chi connectivity index (χ1n) is 5.91. The number of ether oxygens (including phenoxy) is 1. The van der Waals surface area contributed by atoms with E-state index in [4.69, 9.17) is 22.1 Å². The summed E-state index contributed by atoms with van der Waals surface area (Å²) >= 11 is 5.48. The number of anilines is 1. The standard InChI is InChI=1S/C14H12ClN3O3/c1-21-11-4-2-9(3-5-11)13(19)18-8-10(6-7-15)12(16)17-14(18)20/h2-8H,1H3,(H2,16,17,20)/b7-6+. The molecule has 108 valence electrons. The smallest absolute Gasteiger partial charge is 0.356 e. The van der Waals surface area contributed by atoms with E-state index >= 15 is 0 Å². The summed E-state index contributed by atoms with van der Waals surface area (Å²) in [6.07, 6.45) is 2.75. The SMILES string of the molecule is COc1ccc(C(=O)n2cc(/C=C/Cl)c(N)nc2=O)cc1. The monoisotopic (exact) mass is 305 g/mol. The van der Waals surface area contributed by atoms with Crippen LogP contribution in [0.2, 0.25) is 0 Å². The molecule has 1 aromatic heterocycles. The predicted molar refractivity (Wildman–Crippen MR) is 80.5 cm³/mol. The fourth-order valence-corrected chi connectivity index (χ4v) is 1.83. The number of hydrogen-bond donors (Lipinski definition) is 1. The summed E-state index contributed by atoms with van der Waals surface area (Å²) in [5.74, 6) is 0.107. The molecule has 0 atom stereocenters. The molecule has 0 spiro atoms. The molecule has 0 aliphatic rings. The molecule has 0 saturated carbocycles. The van der Waals surface area contributed by atoms with Crippen molar-refractivity contribution in [2.24, 2.45) is 0 Å². The first-order chi connectivity index (χ1) is 10.1. The maximum atomic E-state index is 12.3. The maximum absolute atomic E-state index is 12.3. The highest BCUT2D eigenvalue weighted by Gasteiger charge is 2.13. The van der Waals surface area contributed by atoms with Crippen LogP contribution in [-0.2, 0) is 0 Å². The van der Waals surface area contributed by atoms with E-state index in [0.717, 1.165) is 4.57 Å². The summed E-state index contributed by atoms with van der Waals surface area (Å²) in [5, 5.41) is 0. The van der Waals surface area contributed by atoms with Crippen LogP contribution >= 0.6 is 11.6 Å². The molecule has 0 radical (unpaired) electrons. The lowest BCUT2D eigenvalue weighted by Gasteiger charge is -2.07. The van der Waals surface area contributed by atoms with E-state index < -0.39 is 11.6 Å². The number of nitrogens with two attached hydrogens (primary N) is 1. The Hall–Kier alpha value is -2.60. The van der Waals surface area contributed by atoms with Gasteiger partial charge in [-0.05, 0) is 30.3 Å². The second kappa shape index (κ2) is 6.23. The molecule has 1 heterocycles. The highest BCUT2D eigenvalue weighted by atomic mass is 35.5. The normalized spacial score (nSPS) is 10.8. The zero-order chi connectivity index (χ0) is 15.4. The van der Waals surface area contributed by atoms with E-state index in [-0.39, 0.29) is 5.82 Å². The minimum Gasteiger partial charge on any atom is -0.497 e. The van der Waals surface area contributed by atoms with E-state index in [2.05, 4.69) is 4.98 Å². The summed E-state index contributed by atoms with van der Waals surface area (Å²) in [6.45, 7) is 0. The third-order valence-corrected chi connectivity index (χ3v) is 2.91. The first-order valence-corrected chi connectivity index (χ1v) is 6.35. The predicted octanol–water partition coefficient (Wildman–Crippen LogP) is 1.73. The Bertz CT molecular complexity index is 751. The third-order valence-electron chi connectivity index (χ3n) is 2.78. The van der Waals surface area contributed by atoms with Crippen LogP contribution in [-0.4, -0.2) is 22.6 Å². The van der Waals surface area contributed by atoms with Crippen molar-refractivity contribution < 1.29 is 9.53 Å². The van der Waals surface area contributed by atoms with E-state index in [1.165, 1.54) is 24.9 Å². The number of carbonyl (C=O) groups excluding carboxylic acids is 1. The number of methoxy groups -OCH3 is 1. The minimum atomic E-state index is -0.750. The number of carbonyl (C=O) groups is 1. The van der Waals surface area contributed by atoms with Gasteiger partial charge in [0.25, 0.3) is 5.91 Å². The van der Waals surface area contributed by atoms with Crippen LogP contribution in [0.25, 0.3) is 6.08 Å². The van der Waals surface area contributed by atoms with Crippen molar-refractivity contribution in [2.75, 3.05) is 12.8 Å². The Kier molecular flexibility index (Phi) is 4.39. The fourth-order valence-electron chi connectivity index (χ4n) is 1.70. The van der Waals surface area contributed by atoms with Crippen LogP contribution in [0.3, 0.4) is 0 Å². The Morgan fingerprint density at radius 2 is 2.05 bits per heavy atom. The molecule has 0 bridgehead atoms. The second-order valence-corrected chi connectivity index (χ2v) is 4.31. The molecule has 0 fully saturated rings. The number of halogens is 1. The third kappa shape index (κ3) is 3.11. The van der Waals surface area contributed by atoms with Crippen molar-refractivity contribution in [3.8, 4) is 5.75 Å². The molecule has 1 aromatic carbocycles. The van der Waals surface area contributed by atoms with Gasteiger partial charge in [-0.25, -0.2) is 9.36 Å². The van der Waals surface area contributed by atoms with E-state index in [9.17, 15) is 9.59 Å². The fraction of sp³-hybridized carbons (Fsp3) is 0.0714. The number of rotatable bonds is 3. The summed E-state index contributed by atoms with van der Waals surface area (Å²) < 4.78 is 5.89. The van der Waals surface area contributed by atoms with Gasteiger partial charge >= 0.3 is 5.69 Å². The molecule has 2 aromatic rings.